The van der Waals surface area contributed by atoms with Crippen molar-refractivity contribution in [3.8, 4) is 5.75 Å². The van der Waals surface area contributed by atoms with E-state index >= 15 is 0 Å². The standard InChI is InChI=1S/C14H21N3O3.2ClH/c15-12-7-10(8-13(12)18)14(19)17-5-2-6-20-11-3-1-4-16-9-11;;/h1,3-4,9-10,12-13,18H,2,5-8,15H2,(H,17,19);2*1H/t10-,12+,13+;;/m0../s1. The van der Waals surface area contributed by atoms with Crippen LogP contribution in [0.1, 0.15) is 19.3 Å². The van der Waals surface area contributed by atoms with Gasteiger partial charge >= 0.3 is 0 Å². The number of hydrogen-bond acceptors (Lipinski definition) is 5. The molecule has 0 unspecified atom stereocenters. The first-order valence-electron chi connectivity index (χ1n) is 6.91. The van der Waals surface area contributed by atoms with E-state index in [1.165, 1.54) is 0 Å². The molecule has 22 heavy (non-hydrogen) atoms. The fourth-order valence-electron chi connectivity index (χ4n) is 2.31. The molecular weight excluding hydrogens is 329 g/mol. The van der Waals surface area contributed by atoms with E-state index in [1.807, 2.05) is 12.1 Å². The SMILES string of the molecule is Cl.Cl.N[C@@H]1C[C@H](C(=O)NCCCOc2cccnc2)C[C@H]1O. The molecule has 1 aromatic rings. The van der Waals surface area contributed by atoms with E-state index in [-0.39, 0.29) is 42.7 Å². The molecule has 1 amide bonds. The molecule has 1 fully saturated rings. The summed E-state index contributed by atoms with van der Waals surface area (Å²) in [5, 5.41) is 12.4. The molecule has 4 N–H and O–H groups in total. The number of hydrogen-bond donors (Lipinski definition) is 3. The van der Waals surface area contributed by atoms with E-state index in [9.17, 15) is 9.90 Å². The molecule has 0 aromatic carbocycles. The summed E-state index contributed by atoms with van der Waals surface area (Å²) in [6, 6.07) is 3.37. The lowest BCUT2D eigenvalue weighted by Crippen LogP contribution is -2.31. The summed E-state index contributed by atoms with van der Waals surface area (Å²) in [6.45, 7) is 1.08. The predicted molar refractivity (Wildman–Crippen MR) is 88.6 cm³/mol. The van der Waals surface area contributed by atoms with E-state index in [2.05, 4.69) is 10.3 Å². The Hall–Kier alpha value is -1.08. The number of pyridine rings is 1. The van der Waals surface area contributed by atoms with Crippen molar-refractivity contribution in [1.82, 2.24) is 10.3 Å². The van der Waals surface area contributed by atoms with Gasteiger partial charge in [-0.2, -0.15) is 0 Å². The molecule has 2 rings (SSSR count). The van der Waals surface area contributed by atoms with E-state index in [0.717, 1.165) is 12.2 Å². The third-order valence-corrected chi connectivity index (χ3v) is 3.47. The van der Waals surface area contributed by atoms with Crippen LogP contribution >= 0.6 is 24.8 Å². The van der Waals surface area contributed by atoms with Crippen molar-refractivity contribution in [3.05, 3.63) is 24.5 Å². The van der Waals surface area contributed by atoms with Crippen molar-refractivity contribution in [2.45, 2.75) is 31.4 Å². The normalized spacial score (nSPS) is 23.1. The Morgan fingerprint density at radius 3 is 2.82 bits per heavy atom. The second-order valence-corrected chi connectivity index (χ2v) is 5.08. The number of aliphatic hydroxyl groups is 1. The maximum atomic E-state index is 11.8. The lowest BCUT2D eigenvalue weighted by molar-refractivity contribution is -0.125. The van der Waals surface area contributed by atoms with Crippen molar-refractivity contribution in [1.29, 1.82) is 0 Å². The Bertz CT molecular complexity index is 427. The Kier molecular flexibility index (Phi) is 10.1. The number of aromatic nitrogens is 1. The highest BCUT2D eigenvalue weighted by molar-refractivity contribution is 5.85. The molecule has 0 radical (unpaired) electrons. The fraction of sp³-hybridized carbons (Fsp3) is 0.571. The third-order valence-electron chi connectivity index (χ3n) is 3.47. The quantitative estimate of drug-likeness (QED) is 0.661. The van der Waals surface area contributed by atoms with Crippen LogP contribution < -0.4 is 15.8 Å². The summed E-state index contributed by atoms with van der Waals surface area (Å²) >= 11 is 0. The molecule has 1 saturated carbocycles. The highest BCUT2D eigenvalue weighted by atomic mass is 35.5. The molecule has 1 aromatic heterocycles. The van der Waals surface area contributed by atoms with Gasteiger partial charge in [-0.15, -0.1) is 24.8 Å². The van der Waals surface area contributed by atoms with Crippen LogP contribution in [0.15, 0.2) is 24.5 Å². The van der Waals surface area contributed by atoms with Crippen LogP contribution in [0, 0.1) is 5.92 Å². The molecular formula is C14H23Cl2N3O3. The first kappa shape index (κ1) is 20.9. The largest absolute Gasteiger partial charge is 0.492 e. The summed E-state index contributed by atoms with van der Waals surface area (Å²) < 4.78 is 5.47. The van der Waals surface area contributed by atoms with Crippen molar-refractivity contribution in [2.75, 3.05) is 13.2 Å². The average molecular weight is 352 g/mol. The molecule has 1 aliphatic carbocycles. The summed E-state index contributed by atoms with van der Waals surface area (Å²) in [7, 11) is 0. The third kappa shape index (κ3) is 6.36. The van der Waals surface area contributed by atoms with Crippen LogP contribution in [0.2, 0.25) is 0 Å². The molecule has 0 spiro atoms. The fourth-order valence-corrected chi connectivity index (χ4v) is 2.31. The van der Waals surface area contributed by atoms with Crippen LogP contribution in [0.3, 0.4) is 0 Å². The van der Waals surface area contributed by atoms with Gasteiger partial charge in [-0.05, 0) is 31.4 Å². The molecule has 3 atom stereocenters. The number of carbonyl (C=O) groups excluding carboxylic acids is 1. The molecule has 6 nitrogen and oxygen atoms in total. The van der Waals surface area contributed by atoms with Crippen molar-refractivity contribution >= 4 is 30.7 Å². The van der Waals surface area contributed by atoms with E-state index in [4.69, 9.17) is 10.5 Å². The van der Waals surface area contributed by atoms with Crippen LogP contribution in [-0.2, 0) is 4.79 Å². The second-order valence-electron chi connectivity index (χ2n) is 5.08. The maximum Gasteiger partial charge on any atom is 0.223 e. The number of halogens is 2. The highest BCUT2D eigenvalue weighted by Crippen LogP contribution is 2.24. The van der Waals surface area contributed by atoms with Gasteiger partial charge in [0.15, 0.2) is 0 Å². The minimum atomic E-state index is -0.556. The molecule has 126 valence electrons. The zero-order valence-electron chi connectivity index (χ0n) is 12.2. The van der Waals surface area contributed by atoms with Gasteiger partial charge in [0, 0.05) is 24.7 Å². The monoisotopic (exact) mass is 351 g/mol. The van der Waals surface area contributed by atoms with Crippen LogP contribution in [0.4, 0.5) is 0 Å². The van der Waals surface area contributed by atoms with Gasteiger partial charge in [-0.25, -0.2) is 0 Å². The van der Waals surface area contributed by atoms with Crippen molar-refractivity contribution in [2.24, 2.45) is 11.7 Å². The number of amides is 1. The number of nitrogens with one attached hydrogen (secondary N) is 1. The zero-order valence-corrected chi connectivity index (χ0v) is 13.8. The highest BCUT2D eigenvalue weighted by Gasteiger charge is 2.34. The van der Waals surface area contributed by atoms with E-state index in [1.54, 1.807) is 12.4 Å². The lowest BCUT2D eigenvalue weighted by Gasteiger charge is -2.10. The average Bonchev–Trinajstić information content (AvgIpc) is 2.79. The second kappa shape index (κ2) is 10.6. The summed E-state index contributed by atoms with van der Waals surface area (Å²) in [4.78, 5) is 15.8. The minimum Gasteiger partial charge on any atom is -0.492 e. The molecule has 0 bridgehead atoms. The zero-order chi connectivity index (χ0) is 14.4. The van der Waals surface area contributed by atoms with Gasteiger partial charge in [0.1, 0.15) is 5.75 Å². The van der Waals surface area contributed by atoms with Crippen LogP contribution in [0.25, 0.3) is 0 Å². The lowest BCUT2D eigenvalue weighted by atomic mass is 10.1. The van der Waals surface area contributed by atoms with Gasteiger partial charge in [-0.1, -0.05) is 0 Å². The Morgan fingerprint density at radius 1 is 1.45 bits per heavy atom. The molecule has 1 aliphatic rings. The predicted octanol–water partition coefficient (Wildman–Crippen LogP) is 0.908. The number of carbonyl (C=O) groups is 1. The van der Waals surface area contributed by atoms with Gasteiger partial charge in [0.2, 0.25) is 5.91 Å². The first-order chi connectivity index (χ1) is 9.66. The molecule has 0 aliphatic heterocycles. The number of rotatable bonds is 6. The minimum absolute atomic E-state index is 0. The maximum absolute atomic E-state index is 11.8. The van der Waals surface area contributed by atoms with Gasteiger partial charge < -0.3 is 20.9 Å². The Labute approximate surface area is 142 Å². The number of nitrogens with zero attached hydrogens (tertiary/aromatic N) is 1. The van der Waals surface area contributed by atoms with Gasteiger partial charge in [-0.3, -0.25) is 9.78 Å². The van der Waals surface area contributed by atoms with Crippen LogP contribution in [0.5, 0.6) is 5.75 Å². The number of ether oxygens (including phenoxy) is 1. The van der Waals surface area contributed by atoms with Crippen molar-refractivity contribution < 1.29 is 14.6 Å². The summed E-state index contributed by atoms with van der Waals surface area (Å²) in [6.07, 6.45) is 4.52. The van der Waals surface area contributed by atoms with Crippen LogP contribution in [-0.4, -0.2) is 41.3 Å². The van der Waals surface area contributed by atoms with Crippen molar-refractivity contribution in [3.63, 3.8) is 0 Å². The topological polar surface area (TPSA) is 97.5 Å². The number of nitrogens with two attached hydrogens (primary N) is 1. The summed E-state index contributed by atoms with van der Waals surface area (Å²) in [5.74, 6) is 0.529. The first-order valence-corrected chi connectivity index (χ1v) is 6.91. The van der Waals surface area contributed by atoms with Gasteiger partial charge in [0.25, 0.3) is 0 Å². The summed E-state index contributed by atoms with van der Waals surface area (Å²) in [5.41, 5.74) is 5.69. The Balaban J connectivity index is 0.00000220. The molecule has 8 heteroatoms. The Morgan fingerprint density at radius 2 is 2.23 bits per heavy atom. The van der Waals surface area contributed by atoms with E-state index < -0.39 is 6.10 Å². The molecule has 0 saturated heterocycles. The van der Waals surface area contributed by atoms with E-state index in [0.29, 0.717) is 26.0 Å². The molecule has 1 heterocycles. The smallest absolute Gasteiger partial charge is 0.223 e. The number of aliphatic hydroxyl groups excluding tert-OH is 1. The van der Waals surface area contributed by atoms with Gasteiger partial charge in [0.05, 0.1) is 18.9 Å².